The molecule has 0 amide bonds. The van der Waals surface area contributed by atoms with Gasteiger partial charge >= 0.3 is 0 Å². The molecule has 6 heteroatoms. The van der Waals surface area contributed by atoms with E-state index in [2.05, 4.69) is 22.9 Å². The van der Waals surface area contributed by atoms with Crippen LogP contribution in [0.4, 0.5) is 5.69 Å². The molecule has 118 valence electrons. The number of rotatable bonds is 8. The van der Waals surface area contributed by atoms with Gasteiger partial charge in [0, 0.05) is 36.0 Å². The summed E-state index contributed by atoms with van der Waals surface area (Å²) in [6.07, 6.45) is 2.48. The number of hydrogen-bond acceptors (Lipinski definition) is 5. The average molecular weight is 338 g/mol. The molecule has 1 atom stereocenters. The van der Waals surface area contributed by atoms with E-state index < -0.39 is 0 Å². The van der Waals surface area contributed by atoms with Crippen LogP contribution in [0, 0.1) is 0 Å². The van der Waals surface area contributed by atoms with Gasteiger partial charge in [0.1, 0.15) is 0 Å². The number of nitrogens with two attached hydrogens (primary N) is 1. The molecule has 0 aliphatic heterocycles. The first-order valence-corrected chi connectivity index (χ1v) is 8.12. The van der Waals surface area contributed by atoms with Crippen molar-refractivity contribution < 1.29 is 4.74 Å². The van der Waals surface area contributed by atoms with Gasteiger partial charge in [0.25, 0.3) is 0 Å². The third-order valence-corrected chi connectivity index (χ3v) is 3.78. The van der Waals surface area contributed by atoms with Crippen molar-refractivity contribution in [2.24, 2.45) is 5.73 Å². The molecule has 2 aromatic rings. The van der Waals surface area contributed by atoms with Crippen LogP contribution in [0.1, 0.15) is 5.56 Å². The SMILES string of the molecule is NC(CS)CNc1cccnc1OCCc1cccc(Cl)c1. The van der Waals surface area contributed by atoms with Crippen LogP contribution < -0.4 is 15.8 Å². The number of nitrogens with one attached hydrogen (secondary N) is 1. The van der Waals surface area contributed by atoms with E-state index in [4.69, 9.17) is 22.1 Å². The van der Waals surface area contributed by atoms with Crippen molar-refractivity contribution in [3.63, 3.8) is 0 Å². The molecule has 0 aliphatic rings. The standard InChI is InChI=1S/C16H20ClN3OS/c17-13-4-1-3-12(9-13)6-8-21-16-15(5-2-7-19-16)20-10-14(18)11-22/h1-5,7,9,14,20,22H,6,8,10-11,18H2. The first kappa shape index (κ1) is 16.9. The summed E-state index contributed by atoms with van der Waals surface area (Å²) in [5, 5.41) is 3.97. The number of benzene rings is 1. The van der Waals surface area contributed by atoms with Gasteiger partial charge in [-0.2, -0.15) is 12.6 Å². The van der Waals surface area contributed by atoms with E-state index in [0.717, 1.165) is 22.7 Å². The number of hydrogen-bond donors (Lipinski definition) is 3. The fourth-order valence-electron chi connectivity index (χ4n) is 1.90. The van der Waals surface area contributed by atoms with Gasteiger partial charge in [-0.3, -0.25) is 0 Å². The topological polar surface area (TPSA) is 60.2 Å². The van der Waals surface area contributed by atoms with Crippen LogP contribution in [0.5, 0.6) is 5.88 Å². The Morgan fingerprint density at radius 2 is 2.18 bits per heavy atom. The number of ether oxygens (including phenoxy) is 1. The van der Waals surface area contributed by atoms with Crippen molar-refractivity contribution in [3.8, 4) is 5.88 Å². The lowest BCUT2D eigenvalue weighted by atomic mass is 10.2. The first-order chi connectivity index (χ1) is 10.7. The smallest absolute Gasteiger partial charge is 0.237 e. The van der Waals surface area contributed by atoms with Gasteiger partial charge in [0.15, 0.2) is 0 Å². The predicted molar refractivity (Wildman–Crippen MR) is 95.2 cm³/mol. The minimum Gasteiger partial charge on any atom is -0.476 e. The number of halogens is 1. The molecule has 0 radical (unpaired) electrons. The monoisotopic (exact) mass is 337 g/mol. The molecule has 0 saturated carbocycles. The summed E-state index contributed by atoms with van der Waals surface area (Å²) >= 11 is 10.1. The zero-order valence-corrected chi connectivity index (χ0v) is 13.9. The van der Waals surface area contributed by atoms with Crippen LogP contribution >= 0.6 is 24.2 Å². The van der Waals surface area contributed by atoms with E-state index in [1.54, 1.807) is 6.20 Å². The van der Waals surface area contributed by atoms with E-state index in [0.29, 0.717) is 24.8 Å². The highest BCUT2D eigenvalue weighted by Gasteiger charge is 2.06. The lowest BCUT2D eigenvalue weighted by molar-refractivity contribution is 0.311. The molecular formula is C16H20ClN3OS. The number of nitrogens with zero attached hydrogens (tertiary/aromatic N) is 1. The summed E-state index contributed by atoms with van der Waals surface area (Å²) in [4.78, 5) is 4.26. The quantitative estimate of drug-likeness (QED) is 0.648. The maximum Gasteiger partial charge on any atom is 0.237 e. The average Bonchev–Trinajstić information content (AvgIpc) is 2.53. The highest BCUT2D eigenvalue weighted by molar-refractivity contribution is 7.80. The van der Waals surface area contributed by atoms with Crippen molar-refractivity contribution in [2.75, 3.05) is 24.2 Å². The number of pyridine rings is 1. The lowest BCUT2D eigenvalue weighted by Gasteiger charge is -2.14. The third-order valence-electron chi connectivity index (χ3n) is 3.08. The fraction of sp³-hybridized carbons (Fsp3) is 0.312. The molecule has 0 saturated heterocycles. The maximum atomic E-state index is 5.97. The molecule has 1 unspecified atom stereocenters. The van der Waals surface area contributed by atoms with Crippen LogP contribution in [-0.4, -0.2) is 29.9 Å². The van der Waals surface area contributed by atoms with Gasteiger partial charge < -0.3 is 15.8 Å². The van der Waals surface area contributed by atoms with Crippen LogP contribution in [0.15, 0.2) is 42.6 Å². The molecular weight excluding hydrogens is 318 g/mol. The normalized spacial score (nSPS) is 12.0. The van der Waals surface area contributed by atoms with E-state index in [-0.39, 0.29) is 6.04 Å². The Bertz CT molecular complexity index is 597. The summed E-state index contributed by atoms with van der Waals surface area (Å²) in [5.74, 6) is 1.20. The van der Waals surface area contributed by atoms with Crippen molar-refractivity contribution in [3.05, 3.63) is 53.2 Å². The van der Waals surface area contributed by atoms with Crippen LogP contribution in [0.3, 0.4) is 0 Å². The van der Waals surface area contributed by atoms with Crippen LogP contribution in [-0.2, 0) is 6.42 Å². The minimum absolute atomic E-state index is 0.0112. The molecule has 1 heterocycles. The van der Waals surface area contributed by atoms with Crippen molar-refractivity contribution in [2.45, 2.75) is 12.5 Å². The Morgan fingerprint density at radius 3 is 2.95 bits per heavy atom. The highest BCUT2D eigenvalue weighted by Crippen LogP contribution is 2.21. The van der Waals surface area contributed by atoms with Crippen LogP contribution in [0.25, 0.3) is 0 Å². The zero-order valence-electron chi connectivity index (χ0n) is 12.2. The van der Waals surface area contributed by atoms with Gasteiger partial charge in [0.2, 0.25) is 5.88 Å². The van der Waals surface area contributed by atoms with Crippen molar-refractivity contribution in [1.82, 2.24) is 4.98 Å². The first-order valence-electron chi connectivity index (χ1n) is 7.11. The highest BCUT2D eigenvalue weighted by atomic mass is 35.5. The summed E-state index contributed by atoms with van der Waals surface area (Å²) in [6.45, 7) is 1.16. The predicted octanol–water partition coefficient (Wildman–Crippen LogP) is 3.03. The fourth-order valence-corrected chi connectivity index (χ4v) is 2.25. The third kappa shape index (κ3) is 5.40. The molecule has 1 aromatic heterocycles. The molecule has 0 bridgehead atoms. The zero-order chi connectivity index (χ0) is 15.8. The molecule has 0 fully saturated rings. The van der Waals surface area contributed by atoms with Gasteiger partial charge in [0.05, 0.1) is 12.3 Å². The molecule has 0 aliphatic carbocycles. The summed E-state index contributed by atoms with van der Waals surface area (Å²) in [7, 11) is 0. The molecule has 22 heavy (non-hydrogen) atoms. The second-order valence-corrected chi connectivity index (χ2v) is 5.71. The van der Waals surface area contributed by atoms with Gasteiger partial charge in [-0.15, -0.1) is 0 Å². The molecule has 3 N–H and O–H groups in total. The van der Waals surface area contributed by atoms with E-state index >= 15 is 0 Å². The van der Waals surface area contributed by atoms with Crippen molar-refractivity contribution in [1.29, 1.82) is 0 Å². The Hall–Kier alpha value is -1.43. The van der Waals surface area contributed by atoms with Gasteiger partial charge in [-0.1, -0.05) is 23.7 Å². The minimum atomic E-state index is -0.0112. The summed E-state index contributed by atoms with van der Waals surface area (Å²) in [6, 6.07) is 11.5. The largest absolute Gasteiger partial charge is 0.476 e. The number of anilines is 1. The second kappa shape index (κ2) is 8.88. The molecule has 0 spiro atoms. The summed E-state index contributed by atoms with van der Waals surface area (Å²) in [5.41, 5.74) is 7.82. The molecule has 2 rings (SSSR count). The lowest BCUT2D eigenvalue weighted by Crippen LogP contribution is -2.30. The Morgan fingerprint density at radius 1 is 1.32 bits per heavy atom. The second-order valence-electron chi connectivity index (χ2n) is 4.91. The van der Waals surface area contributed by atoms with Gasteiger partial charge in [-0.05, 0) is 29.8 Å². The Labute approximate surface area is 141 Å². The molecule has 4 nitrogen and oxygen atoms in total. The Balaban J connectivity index is 1.89. The summed E-state index contributed by atoms with van der Waals surface area (Å²) < 4.78 is 5.77. The van der Waals surface area contributed by atoms with Crippen LogP contribution in [0.2, 0.25) is 5.02 Å². The number of thiol groups is 1. The number of aromatic nitrogens is 1. The molecule has 1 aromatic carbocycles. The van der Waals surface area contributed by atoms with Gasteiger partial charge in [-0.25, -0.2) is 4.98 Å². The van der Waals surface area contributed by atoms with E-state index in [1.165, 1.54) is 0 Å². The maximum absolute atomic E-state index is 5.97. The Kier molecular flexibility index (Phi) is 6.83. The van der Waals surface area contributed by atoms with E-state index in [9.17, 15) is 0 Å². The van der Waals surface area contributed by atoms with Crippen molar-refractivity contribution >= 4 is 29.9 Å². The van der Waals surface area contributed by atoms with E-state index in [1.807, 2.05) is 36.4 Å².